The van der Waals surface area contributed by atoms with Crippen LogP contribution in [-0.2, 0) is 5.41 Å². The molecule has 0 radical (unpaired) electrons. The summed E-state index contributed by atoms with van der Waals surface area (Å²) in [5.74, 6) is 0. The van der Waals surface area contributed by atoms with E-state index in [0.29, 0.717) is 0 Å². The summed E-state index contributed by atoms with van der Waals surface area (Å²) in [6.07, 6.45) is 6.33. The SMILES string of the molecule is C=CC(C)(C=Cc1ccccc1)c1ccccc1. The third kappa shape index (κ3) is 2.78. The van der Waals surface area contributed by atoms with Crippen molar-refractivity contribution < 1.29 is 0 Å². The minimum atomic E-state index is -0.128. The maximum atomic E-state index is 3.97. The van der Waals surface area contributed by atoms with E-state index >= 15 is 0 Å². The van der Waals surface area contributed by atoms with E-state index in [1.165, 1.54) is 11.1 Å². The Hall–Kier alpha value is -2.08. The zero-order valence-corrected chi connectivity index (χ0v) is 10.7. The van der Waals surface area contributed by atoms with Crippen molar-refractivity contribution in [2.24, 2.45) is 0 Å². The third-order valence-electron chi connectivity index (χ3n) is 3.24. The summed E-state index contributed by atoms with van der Waals surface area (Å²) in [5, 5.41) is 0. The molecule has 0 bridgehead atoms. The van der Waals surface area contributed by atoms with Crippen LogP contribution < -0.4 is 0 Å². The second kappa shape index (κ2) is 5.50. The Morgan fingerprint density at radius 2 is 1.44 bits per heavy atom. The zero-order valence-electron chi connectivity index (χ0n) is 10.7. The molecule has 0 aliphatic heterocycles. The van der Waals surface area contributed by atoms with Crippen molar-refractivity contribution in [2.45, 2.75) is 12.3 Å². The van der Waals surface area contributed by atoms with E-state index in [2.05, 4.69) is 62.1 Å². The van der Waals surface area contributed by atoms with Gasteiger partial charge in [-0.3, -0.25) is 0 Å². The lowest BCUT2D eigenvalue weighted by molar-refractivity contribution is 0.764. The van der Waals surface area contributed by atoms with Gasteiger partial charge in [-0.25, -0.2) is 0 Å². The largest absolute Gasteiger partial charge is 0.102 e. The first-order chi connectivity index (χ1) is 8.74. The number of benzene rings is 2. The predicted molar refractivity (Wildman–Crippen MR) is 79.5 cm³/mol. The molecule has 0 aliphatic rings. The smallest absolute Gasteiger partial charge is 0.0284 e. The molecule has 0 N–H and O–H groups in total. The summed E-state index contributed by atoms with van der Waals surface area (Å²) < 4.78 is 0. The monoisotopic (exact) mass is 234 g/mol. The van der Waals surface area contributed by atoms with Crippen LogP contribution in [0.5, 0.6) is 0 Å². The maximum absolute atomic E-state index is 3.97. The lowest BCUT2D eigenvalue weighted by Gasteiger charge is -2.22. The summed E-state index contributed by atoms with van der Waals surface area (Å²) in [6, 6.07) is 20.8. The predicted octanol–water partition coefficient (Wildman–Crippen LogP) is 4.84. The number of allylic oxidation sites excluding steroid dienone is 2. The van der Waals surface area contributed by atoms with Crippen molar-refractivity contribution in [3.8, 4) is 0 Å². The highest BCUT2D eigenvalue weighted by atomic mass is 14.2. The highest BCUT2D eigenvalue weighted by Crippen LogP contribution is 2.27. The molecule has 0 spiro atoms. The van der Waals surface area contributed by atoms with E-state index in [1.54, 1.807) is 0 Å². The second-order valence-electron chi connectivity index (χ2n) is 4.60. The van der Waals surface area contributed by atoms with E-state index in [9.17, 15) is 0 Å². The first-order valence-electron chi connectivity index (χ1n) is 6.18. The lowest BCUT2D eigenvalue weighted by Crippen LogP contribution is -2.14. The van der Waals surface area contributed by atoms with Gasteiger partial charge >= 0.3 is 0 Å². The topological polar surface area (TPSA) is 0 Å². The minimum absolute atomic E-state index is 0.128. The van der Waals surface area contributed by atoms with Crippen molar-refractivity contribution in [1.29, 1.82) is 0 Å². The maximum Gasteiger partial charge on any atom is 0.0284 e. The van der Waals surface area contributed by atoms with Crippen molar-refractivity contribution >= 4 is 6.08 Å². The summed E-state index contributed by atoms with van der Waals surface area (Å²) in [4.78, 5) is 0. The van der Waals surface area contributed by atoms with Gasteiger partial charge in [0.15, 0.2) is 0 Å². The molecule has 0 saturated heterocycles. The van der Waals surface area contributed by atoms with Gasteiger partial charge in [0.1, 0.15) is 0 Å². The van der Waals surface area contributed by atoms with Crippen LogP contribution in [0.4, 0.5) is 0 Å². The van der Waals surface area contributed by atoms with E-state index in [4.69, 9.17) is 0 Å². The normalized spacial score (nSPS) is 14.3. The average Bonchev–Trinajstić information content (AvgIpc) is 2.47. The Morgan fingerprint density at radius 3 is 2.00 bits per heavy atom. The van der Waals surface area contributed by atoms with Crippen molar-refractivity contribution in [2.75, 3.05) is 0 Å². The van der Waals surface area contributed by atoms with Gasteiger partial charge < -0.3 is 0 Å². The summed E-state index contributed by atoms with van der Waals surface area (Å²) in [5.41, 5.74) is 2.34. The molecular formula is C18H18. The van der Waals surface area contributed by atoms with Gasteiger partial charge in [0.2, 0.25) is 0 Å². The number of hydrogen-bond donors (Lipinski definition) is 0. The molecule has 0 heterocycles. The van der Waals surface area contributed by atoms with E-state index in [-0.39, 0.29) is 5.41 Å². The quantitative estimate of drug-likeness (QED) is 0.664. The molecule has 18 heavy (non-hydrogen) atoms. The fourth-order valence-corrected chi connectivity index (χ4v) is 1.91. The first-order valence-corrected chi connectivity index (χ1v) is 6.18. The second-order valence-corrected chi connectivity index (χ2v) is 4.60. The van der Waals surface area contributed by atoms with Gasteiger partial charge in [-0.05, 0) is 18.1 Å². The van der Waals surface area contributed by atoms with Crippen molar-refractivity contribution in [3.63, 3.8) is 0 Å². The molecule has 2 aromatic rings. The standard InChI is InChI=1S/C18H18/c1-3-18(2,17-12-8-5-9-13-17)15-14-16-10-6-4-7-11-16/h3-15H,1H2,2H3. The van der Waals surface area contributed by atoms with Crippen LogP contribution in [0.15, 0.2) is 79.4 Å². The molecular weight excluding hydrogens is 216 g/mol. The van der Waals surface area contributed by atoms with E-state index in [0.717, 1.165) is 0 Å². The Bertz CT molecular complexity index is 522. The van der Waals surface area contributed by atoms with Gasteiger partial charge in [-0.2, -0.15) is 0 Å². The molecule has 1 atom stereocenters. The molecule has 0 aromatic heterocycles. The fraction of sp³-hybridized carbons (Fsp3) is 0.111. The molecule has 0 heteroatoms. The molecule has 90 valence electrons. The van der Waals surface area contributed by atoms with E-state index < -0.39 is 0 Å². The van der Waals surface area contributed by atoms with Crippen molar-refractivity contribution in [1.82, 2.24) is 0 Å². The van der Waals surface area contributed by atoms with Gasteiger partial charge in [-0.1, -0.05) is 78.9 Å². The summed E-state index contributed by atoms with van der Waals surface area (Å²) >= 11 is 0. The molecule has 0 fully saturated rings. The van der Waals surface area contributed by atoms with Gasteiger partial charge in [-0.15, -0.1) is 6.58 Å². The Kier molecular flexibility index (Phi) is 3.78. The van der Waals surface area contributed by atoms with Crippen LogP contribution in [0.3, 0.4) is 0 Å². The molecule has 0 saturated carbocycles. The van der Waals surface area contributed by atoms with Crippen LogP contribution in [-0.4, -0.2) is 0 Å². The minimum Gasteiger partial charge on any atom is -0.102 e. The van der Waals surface area contributed by atoms with Gasteiger partial charge in [0.25, 0.3) is 0 Å². The molecule has 0 nitrogen and oxygen atoms in total. The third-order valence-corrected chi connectivity index (χ3v) is 3.24. The zero-order chi connectivity index (χ0) is 12.8. The highest BCUT2D eigenvalue weighted by molar-refractivity contribution is 5.53. The molecule has 2 rings (SSSR count). The van der Waals surface area contributed by atoms with Crippen LogP contribution in [0, 0.1) is 0 Å². The molecule has 1 unspecified atom stereocenters. The number of hydrogen-bond acceptors (Lipinski definition) is 0. The van der Waals surface area contributed by atoms with Crippen LogP contribution in [0.2, 0.25) is 0 Å². The Balaban J connectivity index is 2.29. The summed E-state index contributed by atoms with van der Waals surface area (Å²) in [6.45, 7) is 6.15. The Morgan fingerprint density at radius 1 is 0.889 bits per heavy atom. The van der Waals surface area contributed by atoms with Gasteiger partial charge in [0.05, 0.1) is 0 Å². The molecule has 0 amide bonds. The van der Waals surface area contributed by atoms with E-state index in [1.807, 2.05) is 30.3 Å². The van der Waals surface area contributed by atoms with Gasteiger partial charge in [0, 0.05) is 5.41 Å². The van der Waals surface area contributed by atoms with Crippen LogP contribution in [0.25, 0.3) is 6.08 Å². The number of rotatable bonds is 4. The molecule has 0 aliphatic carbocycles. The van der Waals surface area contributed by atoms with Crippen molar-refractivity contribution in [3.05, 3.63) is 90.5 Å². The first kappa shape index (κ1) is 12.4. The highest BCUT2D eigenvalue weighted by Gasteiger charge is 2.18. The summed E-state index contributed by atoms with van der Waals surface area (Å²) in [7, 11) is 0. The fourth-order valence-electron chi connectivity index (χ4n) is 1.91. The van der Waals surface area contributed by atoms with Crippen LogP contribution >= 0.6 is 0 Å². The average molecular weight is 234 g/mol. The van der Waals surface area contributed by atoms with Crippen LogP contribution in [0.1, 0.15) is 18.1 Å². The Labute approximate surface area is 109 Å². The lowest BCUT2D eigenvalue weighted by atomic mass is 9.82. The molecule has 2 aromatic carbocycles.